The summed E-state index contributed by atoms with van der Waals surface area (Å²) in [4.78, 5) is 36.1. The first-order valence-electron chi connectivity index (χ1n) is 12.4. The molecule has 186 valence electrons. The first kappa shape index (κ1) is 24.8. The average Bonchev–Trinajstić information content (AvgIpc) is 3.38. The van der Waals surface area contributed by atoms with Crippen LogP contribution in [-0.4, -0.2) is 41.8 Å². The predicted octanol–water partition coefficient (Wildman–Crippen LogP) is 4.70. The van der Waals surface area contributed by atoms with E-state index in [-0.39, 0.29) is 48.8 Å². The molecule has 1 fully saturated rings. The summed E-state index contributed by atoms with van der Waals surface area (Å²) in [5, 5.41) is 14.9. The Balaban J connectivity index is 1.24. The second-order valence-corrected chi connectivity index (χ2v) is 10.1. The summed E-state index contributed by atoms with van der Waals surface area (Å²) in [5.74, 6) is -0.824. The molecule has 3 atom stereocenters. The molecular formula is C28H34N2O5. The van der Waals surface area contributed by atoms with Gasteiger partial charge in [-0.1, -0.05) is 62.4 Å². The number of hydrogen-bond acceptors (Lipinski definition) is 4. The smallest absolute Gasteiger partial charge is 0.407 e. The number of carbonyl (C=O) groups is 3. The molecule has 2 aliphatic carbocycles. The highest BCUT2D eigenvalue weighted by atomic mass is 16.5. The molecule has 3 unspecified atom stereocenters. The number of rotatable bonds is 9. The van der Waals surface area contributed by atoms with Crippen molar-refractivity contribution in [3.63, 3.8) is 0 Å². The summed E-state index contributed by atoms with van der Waals surface area (Å²) in [7, 11) is 0. The van der Waals surface area contributed by atoms with Gasteiger partial charge in [0.15, 0.2) is 0 Å². The Kier molecular flexibility index (Phi) is 7.73. The van der Waals surface area contributed by atoms with Crippen LogP contribution in [0.2, 0.25) is 0 Å². The van der Waals surface area contributed by atoms with Gasteiger partial charge in [0.25, 0.3) is 0 Å². The van der Waals surface area contributed by atoms with Crippen LogP contribution in [0.3, 0.4) is 0 Å². The Hall–Kier alpha value is -3.35. The fraction of sp³-hybridized carbons (Fsp3) is 0.464. The maximum atomic E-state index is 12.6. The number of aliphatic carboxylic acids is 1. The zero-order chi connectivity index (χ0) is 24.9. The molecule has 7 nitrogen and oxygen atoms in total. The summed E-state index contributed by atoms with van der Waals surface area (Å²) >= 11 is 0. The topological polar surface area (TPSA) is 105 Å². The van der Waals surface area contributed by atoms with Gasteiger partial charge in [-0.3, -0.25) is 9.59 Å². The normalized spacial score (nSPS) is 19.6. The lowest BCUT2D eigenvalue weighted by molar-refractivity contribution is -0.138. The summed E-state index contributed by atoms with van der Waals surface area (Å²) < 4.78 is 5.65. The molecule has 7 heteroatoms. The van der Waals surface area contributed by atoms with Crippen LogP contribution < -0.4 is 10.6 Å². The van der Waals surface area contributed by atoms with Gasteiger partial charge in [-0.15, -0.1) is 0 Å². The highest BCUT2D eigenvalue weighted by Crippen LogP contribution is 2.44. The highest BCUT2D eigenvalue weighted by molar-refractivity contribution is 5.79. The molecule has 2 aromatic carbocycles. The minimum Gasteiger partial charge on any atom is -0.481 e. The third-order valence-corrected chi connectivity index (χ3v) is 7.23. The van der Waals surface area contributed by atoms with Crippen molar-refractivity contribution in [2.24, 2.45) is 11.8 Å². The van der Waals surface area contributed by atoms with Crippen molar-refractivity contribution in [2.75, 3.05) is 6.61 Å². The molecule has 2 aliphatic rings. The maximum absolute atomic E-state index is 12.6. The molecule has 0 spiro atoms. The van der Waals surface area contributed by atoms with Crippen LogP contribution in [0.1, 0.15) is 63.0 Å². The van der Waals surface area contributed by atoms with Crippen molar-refractivity contribution < 1.29 is 24.2 Å². The first-order chi connectivity index (χ1) is 16.8. The molecule has 2 amide bonds. The lowest BCUT2D eigenvalue weighted by Gasteiger charge is -2.21. The van der Waals surface area contributed by atoms with Gasteiger partial charge >= 0.3 is 12.1 Å². The largest absolute Gasteiger partial charge is 0.481 e. The van der Waals surface area contributed by atoms with Gasteiger partial charge in [0, 0.05) is 24.4 Å². The maximum Gasteiger partial charge on any atom is 0.407 e. The lowest BCUT2D eigenvalue weighted by atomic mass is 9.98. The molecule has 0 aliphatic heterocycles. The molecule has 0 heterocycles. The first-order valence-corrected chi connectivity index (χ1v) is 12.4. The van der Waals surface area contributed by atoms with Crippen molar-refractivity contribution in [1.82, 2.24) is 10.6 Å². The number of hydrogen-bond donors (Lipinski definition) is 3. The fourth-order valence-electron chi connectivity index (χ4n) is 5.37. The van der Waals surface area contributed by atoms with Crippen LogP contribution in [0, 0.1) is 11.8 Å². The van der Waals surface area contributed by atoms with Crippen molar-refractivity contribution in [1.29, 1.82) is 0 Å². The number of carbonyl (C=O) groups excluding carboxylic acids is 2. The van der Waals surface area contributed by atoms with Crippen LogP contribution in [0.5, 0.6) is 0 Å². The van der Waals surface area contributed by atoms with Crippen molar-refractivity contribution in [3.8, 4) is 11.1 Å². The van der Waals surface area contributed by atoms with Crippen LogP contribution >= 0.6 is 0 Å². The SMILES string of the molecule is CC(C)C(CC(=O)O)NC(=O)CC1CCC(NC(=O)OCC2c3ccccc3-c3ccccc32)C1. The summed E-state index contributed by atoms with van der Waals surface area (Å²) in [5.41, 5.74) is 4.74. The zero-order valence-corrected chi connectivity index (χ0v) is 20.3. The Bertz CT molecular complexity index is 1040. The average molecular weight is 479 g/mol. The van der Waals surface area contributed by atoms with Gasteiger partial charge in [0.05, 0.1) is 6.42 Å². The van der Waals surface area contributed by atoms with E-state index in [1.165, 1.54) is 22.3 Å². The zero-order valence-electron chi connectivity index (χ0n) is 20.3. The standard InChI is InChI=1S/C28H34N2O5/c1-17(2)25(15-27(32)33)30-26(31)14-18-11-12-19(13-18)29-28(34)35-16-24-22-9-5-3-7-20(22)21-8-4-6-10-23(21)24/h3-10,17-19,24-25H,11-16H2,1-2H3,(H,29,34)(H,30,31)(H,32,33). The second kappa shape index (κ2) is 10.9. The van der Waals surface area contributed by atoms with E-state index < -0.39 is 12.1 Å². The van der Waals surface area contributed by atoms with Gasteiger partial charge in [-0.2, -0.15) is 0 Å². The van der Waals surface area contributed by atoms with E-state index in [1.807, 2.05) is 38.1 Å². The number of alkyl carbamates (subject to hydrolysis) is 1. The number of nitrogens with one attached hydrogen (secondary N) is 2. The van der Waals surface area contributed by atoms with Crippen molar-refractivity contribution in [3.05, 3.63) is 59.7 Å². The summed E-state index contributed by atoms with van der Waals surface area (Å²) in [6, 6.07) is 16.1. The van der Waals surface area contributed by atoms with E-state index in [9.17, 15) is 14.4 Å². The van der Waals surface area contributed by atoms with Crippen LogP contribution in [0.25, 0.3) is 11.1 Å². The Morgan fingerprint density at radius 3 is 2.23 bits per heavy atom. The molecule has 1 saturated carbocycles. The molecule has 0 aromatic heterocycles. The van der Waals surface area contributed by atoms with Crippen LogP contribution in [-0.2, 0) is 14.3 Å². The Morgan fingerprint density at radius 1 is 1.00 bits per heavy atom. The van der Waals surface area contributed by atoms with Gasteiger partial charge in [0.1, 0.15) is 6.61 Å². The van der Waals surface area contributed by atoms with Crippen LogP contribution in [0.15, 0.2) is 48.5 Å². The number of fused-ring (bicyclic) bond motifs is 3. The summed E-state index contributed by atoms with van der Waals surface area (Å²) in [6.45, 7) is 4.08. The van der Waals surface area contributed by atoms with E-state index in [1.54, 1.807) is 0 Å². The van der Waals surface area contributed by atoms with E-state index >= 15 is 0 Å². The van der Waals surface area contributed by atoms with E-state index in [0.717, 1.165) is 12.8 Å². The minimum absolute atomic E-state index is 0.0212. The van der Waals surface area contributed by atoms with Gasteiger partial charge in [0.2, 0.25) is 5.91 Å². The monoisotopic (exact) mass is 478 g/mol. The highest BCUT2D eigenvalue weighted by Gasteiger charge is 2.31. The molecule has 0 radical (unpaired) electrons. The van der Waals surface area contributed by atoms with E-state index in [2.05, 4.69) is 34.9 Å². The van der Waals surface area contributed by atoms with Gasteiger partial charge in [-0.05, 0) is 53.4 Å². The quantitative estimate of drug-likeness (QED) is 0.485. The molecule has 3 N–H and O–H groups in total. The number of benzene rings is 2. The summed E-state index contributed by atoms with van der Waals surface area (Å²) in [6.07, 6.45) is 2.18. The van der Waals surface area contributed by atoms with E-state index in [0.29, 0.717) is 12.8 Å². The molecule has 4 rings (SSSR count). The molecule has 0 saturated heterocycles. The van der Waals surface area contributed by atoms with Gasteiger partial charge < -0.3 is 20.5 Å². The lowest BCUT2D eigenvalue weighted by Crippen LogP contribution is -2.40. The third kappa shape index (κ3) is 6.02. The molecule has 0 bridgehead atoms. The van der Waals surface area contributed by atoms with Crippen molar-refractivity contribution in [2.45, 2.75) is 64.0 Å². The van der Waals surface area contributed by atoms with Crippen LogP contribution in [0.4, 0.5) is 4.79 Å². The molecule has 35 heavy (non-hydrogen) atoms. The van der Waals surface area contributed by atoms with E-state index in [4.69, 9.17) is 9.84 Å². The Morgan fingerprint density at radius 2 is 1.63 bits per heavy atom. The number of amides is 2. The minimum atomic E-state index is -0.919. The van der Waals surface area contributed by atoms with Crippen molar-refractivity contribution >= 4 is 18.0 Å². The number of carboxylic acids is 1. The number of carboxylic acid groups (broad SMARTS) is 1. The third-order valence-electron chi connectivity index (χ3n) is 7.23. The molecular weight excluding hydrogens is 444 g/mol. The fourth-order valence-corrected chi connectivity index (χ4v) is 5.37. The predicted molar refractivity (Wildman–Crippen MR) is 133 cm³/mol. The second-order valence-electron chi connectivity index (χ2n) is 10.1. The van der Waals surface area contributed by atoms with Gasteiger partial charge in [-0.25, -0.2) is 4.79 Å². The number of ether oxygens (including phenoxy) is 1. The molecule has 2 aromatic rings. The Labute approximate surface area is 206 Å².